The molecule has 1 amide bonds. The number of benzene rings is 4. The van der Waals surface area contributed by atoms with Crippen LogP contribution in [0.3, 0.4) is 0 Å². The number of nitrogens with one attached hydrogen (secondary N) is 1. The first-order valence-electron chi connectivity index (χ1n) is 10.00. The lowest BCUT2D eigenvalue weighted by Crippen LogP contribution is -2.26. The van der Waals surface area contributed by atoms with E-state index in [4.69, 9.17) is 20.4 Å². The van der Waals surface area contributed by atoms with Crippen molar-refractivity contribution >= 4 is 62.3 Å². The Bertz CT molecular complexity index is 1600. The van der Waals surface area contributed by atoms with E-state index >= 15 is 0 Å². The van der Waals surface area contributed by atoms with E-state index in [0.29, 0.717) is 21.9 Å². The number of fused-ring (bicyclic) bond motifs is 4. The number of carboxylic acid groups (broad SMARTS) is 1. The number of anilines is 1. The van der Waals surface area contributed by atoms with Crippen molar-refractivity contribution in [2.45, 2.75) is 0 Å². The monoisotopic (exact) mass is 456 g/mol. The highest BCUT2D eigenvalue weighted by molar-refractivity contribution is 6.30. The van der Waals surface area contributed by atoms with Gasteiger partial charge in [-0.15, -0.1) is 0 Å². The summed E-state index contributed by atoms with van der Waals surface area (Å²) in [7, 11) is 0. The smallest absolute Gasteiger partial charge is 0.256 e. The second kappa shape index (κ2) is 8.33. The molecule has 5 rings (SSSR count). The summed E-state index contributed by atoms with van der Waals surface area (Å²) in [6.07, 6.45) is 0. The number of halogens is 1. The molecule has 0 aliphatic rings. The Hall–Kier alpha value is -4.29. The van der Waals surface area contributed by atoms with Crippen molar-refractivity contribution in [3.05, 3.63) is 101 Å². The van der Waals surface area contributed by atoms with Crippen LogP contribution in [-0.2, 0) is 0 Å². The fourth-order valence-corrected chi connectivity index (χ4v) is 3.73. The number of hydrogen-bond acceptors (Lipinski definition) is 5. The molecule has 0 unspecified atom stereocenters. The highest BCUT2D eigenvalue weighted by Crippen LogP contribution is 2.29. The van der Waals surface area contributed by atoms with Gasteiger partial charge in [0.25, 0.3) is 5.91 Å². The Morgan fingerprint density at radius 3 is 1.76 bits per heavy atom. The predicted molar refractivity (Wildman–Crippen MR) is 125 cm³/mol. The van der Waals surface area contributed by atoms with E-state index in [-0.39, 0.29) is 22.3 Å². The van der Waals surface area contributed by atoms with Gasteiger partial charge in [-0.3, -0.25) is 4.79 Å². The third-order valence-electron chi connectivity index (χ3n) is 5.15. The molecule has 0 atom stereocenters. The van der Waals surface area contributed by atoms with Gasteiger partial charge in [0.1, 0.15) is 11.2 Å². The molecule has 0 spiro atoms. The fraction of sp³-hybridized carbons (Fsp3) is 0. The molecule has 0 radical (unpaired) electrons. The van der Waals surface area contributed by atoms with E-state index < -0.39 is 11.9 Å². The number of aromatic carboxylic acids is 1. The quantitative estimate of drug-likeness (QED) is 0.374. The number of carbonyl (C=O) groups is 2. The molecule has 0 fully saturated rings. The molecule has 162 valence electrons. The van der Waals surface area contributed by atoms with E-state index in [0.717, 1.165) is 10.8 Å². The van der Waals surface area contributed by atoms with Crippen molar-refractivity contribution in [3.8, 4) is 0 Å². The summed E-state index contributed by atoms with van der Waals surface area (Å²) in [4.78, 5) is 24.9. The van der Waals surface area contributed by atoms with Crippen LogP contribution in [0.2, 0.25) is 5.02 Å². The Morgan fingerprint density at radius 1 is 0.697 bits per heavy atom. The van der Waals surface area contributed by atoms with Crippen molar-refractivity contribution in [3.63, 3.8) is 0 Å². The van der Waals surface area contributed by atoms with Gasteiger partial charge in [-0.1, -0.05) is 48.0 Å². The zero-order valence-electron chi connectivity index (χ0n) is 17.0. The minimum Gasteiger partial charge on any atom is -0.545 e. The molecule has 0 aliphatic carbocycles. The molecular formula is C26H15ClNO5-. The Kier molecular flexibility index (Phi) is 5.20. The Labute approximate surface area is 192 Å². The topological polar surface area (TPSA) is 95.5 Å². The van der Waals surface area contributed by atoms with Crippen LogP contribution in [0.15, 0.2) is 93.8 Å². The molecule has 1 aromatic heterocycles. The summed E-state index contributed by atoms with van der Waals surface area (Å²) < 4.78 is 12.1. The van der Waals surface area contributed by atoms with Gasteiger partial charge >= 0.3 is 0 Å². The van der Waals surface area contributed by atoms with Crippen LogP contribution in [0.4, 0.5) is 5.69 Å². The summed E-state index contributed by atoms with van der Waals surface area (Å²) in [5.74, 6) is -2.16. The van der Waals surface area contributed by atoms with Crippen LogP contribution in [0.25, 0.3) is 33.1 Å². The lowest BCUT2D eigenvalue weighted by atomic mass is 10.1. The summed E-state index contributed by atoms with van der Waals surface area (Å²) in [5, 5.41) is 16.7. The number of rotatable bonds is 3. The second-order valence-electron chi connectivity index (χ2n) is 7.29. The van der Waals surface area contributed by atoms with Crippen LogP contribution in [0.1, 0.15) is 20.7 Å². The highest BCUT2D eigenvalue weighted by atomic mass is 35.5. The predicted octanol–water partition coefficient (Wildman–Crippen LogP) is 5.73. The average Bonchev–Trinajstić information content (AvgIpc) is 2.81. The maximum absolute atomic E-state index is 13.0. The number of carboxylic acids is 1. The van der Waals surface area contributed by atoms with Crippen molar-refractivity contribution < 1.29 is 23.5 Å². The van der Waals surface area contributed by atoms with Crippen molar-refractivity contribution in [1.29, 1.82) is 0 Å². The minimum atomic E-state index is -1.52. The van der Waals surface area contributed by atoms with Crippen LogP contribution in [0, 0.1) is 0 Å². The normalized spacial score (nSPS) is 10.9. The zero-order valence-corrected chi connectivity index (χ0v) is 17.8. The molecule has 33 heavy (non-hydrogen) atoms. The molecule has 6 nitrogen and oxygen atoms in total. The molecule has 1 N–H and O–H groups in total. The fourth-order valence-electron chi connectivity index (χ4n) is 3.60. The molecule has 7 heteroatoms. The van der Waals surface area contributed by atoms with Gasteiger partial charge in [0.15, 0.2) is 11.2 Å². The number of amides is 1. The first kappa shape index (κ1) is 20.6. The van der Waals surface area contributed by atoms with E-state index in [2.05, 4.69) is 5.32 Å². The van der Waals surface area contributed by atoms with Crippen LogP contribution < -0.4 is 10.4 Å². The van der Waals surface area contributed by atoms with Gasteiger partial charge in [0.05, 0.1) is 11.5 Å². The molecule has 1 heterocycles. The maximum atomic E-state index is 13.0. The summed E-state index contributed by atoms with van der Waals surface area (Å²) in [5.41, 5.74) is 1.42. The molecule has 0 saturated carbocycles. The first-order valence-corrected chi connectivity index (χ1v) is 10.4. The Morgan fingerprint density at radius 2 is 1.21 bits per heavy atom. The third kappa shape index (κ3) is 4.00. The van der Waals surface area contributed by atoms with Gasteiger partial charge in [-0.05, 0) is 48.5 Å². The maximum Gasteiger partial charge on any atom is 0.256 e. The van der Waals surface area contributed by atoms with Gasteiger partial charge in [0, 0.05) is 27.0 Å². The minimum absolute atomic E-state index is 0.126. The number of para-hydroxylation sites is 2. The van der Waals surface area contributed by atoms with Crippen molar-refractivity contribution in [2.75, 3.05) is 5.32 Å². The molecule has 4 aromatic carbocycles. The number of carbonyl (C=O) groups excluding carboxylic acids is 2. The van der Waals surface area contributed by atoms with Crippen molar-refractivity contribution in [2.24, 2.45) is 0 Å². The largest absolute Gasteiger partial charge is 0.545 e. The van der Waals surface area contributed by atoms with Crippen LogP contribution >= 0.6 is 11.6 Å². The van der Waals surface area contributed by atoms with Gasteiger partial charge in [0.2, 0.25) is 0 Å². The lowest BCUT2D eigenvalue weighted by molar-refractivity contribution is -0.255. The van der Waals surface area contributed by atoms with E-state index in [1.807, 2.05) is 36.4 Å². The SMILES string of the molecule is O=C([O-])c1cc2oc3ccccc3c3ccccc3oc2cc1C(=O)Nc1ccc(Cl)cc1. The highest BCUT2D eigenvalue weighted by Gasteiger charge is 2.16. The van der Waals surface area contributed by atoms with Gasteiger partial charge in [-0.2, -0.15) is 0 Å². The molecule has 0 bridgehead atoms. The molecule has 0 aliphatic heterocycles. The summed E-state index contributed by atoms with van der Waals surface area (Å²) in [6, 6.07) is 23.8. The van der Waals surface area contributed by atoms with Crippen LogP contribution in [0.5, 0.6) is 0 Å². The Balaban J connectivity index is 1.77. The average molecular weight is 457 g/mol. The molecule has 0 saturated heterocycles. The second-order valence-corrected chi connectivity index (χ2v) is 7.73. The molecular weight excluding hydrogens is 442 g/mol. The van der Waals surface area contributed by atoms with Crippen LogP contribution in [-0.4, -0.2) is 11.9 Å². The summed E-state index contributed by atoms with van der Waals surface area (Å²) >= 11 is 5.89. The van der Waals surface area contributed by atoms with E-state index in [1.54, 1.807) is 36.4 Å². The van der Waals surface area contributed by atoms with Gasteiger partial charge in [-0.25, -0.2) is 0 Å². The third-order valence-corrected chi connectivity index (χ3v) is 5.41. The van der Waals surface area contributed by atoms with Crippen molar-refractivity contribution in [1.82, 2.24) is 0 Å². The van der Waals surface area contributed by atoms with E-state index in [9.17, 15) is 14.7 Å². The number of hydrogen-bond donors (Lipinski definition) is 1. The summed E-state index contributed by atoms with van der Waals surface area (Å²) in [6.45, 7) is 0. The standard InChI is InChI=1S/C26H16ClNO5/c27-15-9-11-16(12-10-15)28-25(29)19-13-23-24(14-20(19)26(30)31)33-22-8-4-2-6-18(22)17-5-1-3-7-21(17)32-23/h1-14H,(H,28,29)(H,30,31)/p-1. The van der Waals surface area contributed by atoms with Gasteiger partial charge < -0.3 is 24.1 Å². The first-order chi connectivity index (χ1) is 16.0. The lowest BCUT2D eigenvalue weighted by Gasteiger charge is -2.12. The van der Waals surface area contributed by atoms with E-state index in [1.165, 1.54) is 12.1 Å². The zero-order chi connectivity index (χ0) is 22.9. The molecule has 5 aromatic rings.